The van der Waals surface area contributed by atoms with Crippen LogP contribution in [0.4, 0.5) is 5.69 Å². The van der Waals surface area contributed by atoms with Crippen molar-refractivity contribution < 1.29 is 4.79 Å². The van der Waals surface area contributed by atoms with Crippen LogP contribution < -0.4 is 15.8 Å². The molecule has 2 aromatic carbocycles. The zero-order chi connectivity index (χ0) is 13.8. The van der Waals surface area contributed by atoms with E-state index < -0.39 is 0 Å². The largest absolute Gasteiger partial charge is 0.307 e. The third-order valence-electron chi connectivity index (χ3n) is 3.09. The van der Waals surface area contributed by atoms with Crippen LogP contribution in [0.2, 0.25) is 0 Å². The van der Waals surface area contributed by atoms with Crippen LogP contribution in [-0.2, 0) is 0 Å². The Morgan fingerprint density at radius 1 is 1.00 bits per heavy atom. The maximum Gasteiger partial charge on any atom is 0.256 e. The molecule has 0 spiro atoms. The number of hydrogen-bond acceptors (Lipinski definition) is 3. The number of benzene rings is 2. The Kier molecular flexibility index (Phi) is 3.37. The highest BCUT2D eigenvalue weighted by Crippen LogP contribution is 2.14. The number of amides is 1. The van der Waals surface area contributed by atoms with Crippen LogP contribution >= 0.6 is 0 Å². The minimum absolute atomic E-state index is 0.112. The molecule has 0 aliphatic carbocycles. The van der Waals surface area contributed by atoms with Crippen molar-refractivity contribution in [3.8, 4) is 0 Å². The van der Waals surface area contributed by atoms with Crippen molar-refractivity contribution in [3.05, 3.63) is 78.1 Å². The van der Waals surface area contributed by atoms with Gasteiger partial charge in [0.1, 0.15) is 5.82 Å². The van der Waals surface area contributed by atoms with Gasteiger partial charge < -0.3 is 5.32 Å². The molecule has 4 nitrogen and oxygen atoms in total. The molecule has 1 heterocycles. The van der Waals surface area contributed by atoms with Gasteiger partial charge in [0.05, 0.1) is 12.2 Å². The quantitative estimate of drug-likeness (QED) is 0.895. The Labute approximate surface area is 117 Å². The lowest BCUT2D eigenvalue weighted by molar-refractivity contribution is 0.0963. The topological polar surface area (TPSA) is 44.4 Å². The summed E-state index contributed by atoms with van der Waals surface area (Å²) in [4.78, 5) is 12.0. The summed E-state index contributed by atoms with van der Waals surface area (Å²) in [5.41, 5.74) is 4.88. The van der Waals surface area contributed by atoms with Crippen molar-refractivity contribution in [2.24, 2.45) is 0 Å². The predicted molar refractivity (Wildman–Crippen MR) is 78.9 cm³/mol. The third-order valence-corrected chi connectivity index (χ3v) is 3.09. The summed E-state index contributed by atoms with van der Waals surface area (Å²) in [6.45, 7) is 0.717. The van der Waals surface area contributed by atoms with Gasteiger partial charge in [-0.25, -0.2) is 0 Å². The summed E-state index contributed by atoms with van der Waals surface area (Å²) in [6, 6.07) is 19.1. The van der Waals surface area contributed by atoms with Crippen LogP contribution in [-0.4, -0.2) is 12.5 Å². The van der Waals surface area contributed by atoms with Crippen LogP contribution in [0.3, 0.4) is 0 Å². The van der Waals surface area contributed by atoms with Gasteiger partial charge in [-0.2, -0.15) is 0 Å². The fourth-order valence-corrected chi connectivity index (χ4v) is 2.06. The van der Waals surface area contributed by atoms with E-state index in [1.807, 2.05) is 59.6 Å². The van der Waals surface area contributed by atoms with Gasteiger partial charge in [-0.3, -0.25) is 15.2 Å². The van der Waals surface area contributed by atoms with Crippen LogP contribution in [0.25, 0.3) is 0 Å². The third kappa shape index (κ3) is 2.64. The number of carbonyl (C=O) groups excluding carboxylic acids is 1. The molecule has 0 saturated carbocycles. The van der Waals surface area contributed by atoms with Crippen LogP contribution in [0.5, 0.6) is 0 Å². The van der Waals surface area contributed by atoms with E-state index in [4.69, 9.17) is 0 Å². The van der Waals surface area contributed by atoms with Gasteiger partial charge in [-0.05, 0) is 30.3 Å². The molecule has 1 amide bonds. The summed E-state index contributed by atoms with van der Waals surface area (Å²) < 4.78 is 0. The van der Waals surface area contributed by atoms with Crippen molar-refractivity contribution >= 4 is 11.6 Å². The normalized spacial score (nSPS) is 13.6. The second-order valence-corrected chi connectivity index (χ2v) is 4.50. The van der Waals surface area contributed by atoms with E-state index in [9.17, 15) is 4.79 Å². The number of anilines is 1. The molecule has 0 bridgehead atoms. The number of carbonyl (C=O) groups is 1. The lowest BCUT2D eigenvalue weighted by Crippen LogP contribution is -2.37. The Morgan fingerprint density at radius 3 is 2.35 bits per heavy atom. The highest BCUT2D eigenvalue weighted by Gasteiger charge is 2.15. The minimum Gasteiger partial charge on any atom is -0.307 e. The van der Waals surface area contributed by atoms with Gasteiger partial charge in [-0.15, -0.1) is 0 Å². The summed E-state index contributed by atoms with van der Waals surface area (Å²) in [6.07, 6.45) is 1.95. The Morgan fingerprint density at radius 2 is 1.65 bits per heavy atom. The molecule has 2 N–H and O–H groups in total. The molecule has 2 aromatic rings. The lowest BCUT2D eigenvalue weighted by Gasteiger charge is -2.20. The number of hydrogen-bond donors (Lipinski definition) is 2. The number of rotatable bonds is 3. The standard InChI is InChI=1S/C16H15N3O/c20-16(13-7-3-1-4-8-13)17-15-11-12-19(18-15)14-9-5-2-6-10-14/h1-11,18H,12H2,(H,17,20). The van der Waals surface area contributed by atoms with Crippen molar-refractivity contribution in [1.82, 2.24) is 10.7 Å². The van der Waals surface area contributed by atoms with Gasteiger partial charge >= 0.3 is 0 Å². The maximum atomic E-state index is 12.0. The molecule has 4 heteroatoms. The van der Waals surface area contributed by atoms with Crippen molar-refractivity contribution in [2.45, 2.75) is 0 Å². The molecule has 1 aliphatic heterocycles. The molecule has 0 radical (unpaired) electrons. The highest BCUT2D eigenvalue weighted by molar-refractivity contribution is 5.95. The van der Waals surface area contributed by atoms with E-state index >= 15 is 0 Å². The fraction of sp³-hybridized carbons (Fsp3) is 0.0625. The molecule has 0 atom stereocenters. The van der Waals surface area contributed by atoms with Gasteiger partial charge in [-0.1, -0.05) is 36.4 Å². The molecule has 100 valence electrons. The average molecular weight is 265 g/mol. The van der Waals surface area contributed by atoms with Gasteiger partial charge in [0.2, 0.25) is 0 Å². The monoisotopic (exact) mass is 265 g/mol. The molecule has 0 unspecified atom stereocenters. The summed E-state index contributed by atoms with van der Waals surface area (Å²) >= 11 is 0. The molecule has 0 fully saturated rings. The number of hydrazine groups is 1. The van der Waals surface area contributed by atoms with E-state index in [-0.39, 0.29) is 5.91 Å². The maximum absolute atomic E-state index is 12.0. The van der Waals surface area contributed by atoms with E-state index in [0.717, 1.165) is 5.69 Å². The molecule has 20 heavy (non-hydrogen) atoms. The van der Waals surface area contributed by atoms with E-state index in [1.54, 1.807) is 12.1 Å². The van der Waals surface area contributed by atoms with Crippen LogP contribution in [0.15, 0.2) is 72.6 Å². The van der Waals surface area contributed by atoms with E-state index in [0.29, 0.717) is 17.9 Å². The number of nitrogens with zero attached hydrogens (tertiary/aromatic N) is 1. The Hall–Kier alpha value is -2.75. The second kappa shape index (κ2) is 5.48. The predicted octanol–water partition coefficient (Wildman–Crippen LogP) is 2.28. The first-order valence-corrected chi connectivity index (χ1v) is 6.49. The van der Waals surface area contributed by atoms with Crippen molar-refractivity contribution in [2.75, 3.05) is 11.6 Å². The molecular weight excluding hydrogens is 250 g/mol. The minimum atomic E-state index is -0.112. The zero-order valence-corrected chi connectivity index (χ0v) is 10.9. The number of para-hydroxylation sites is 1. The fourth-order valence-electron chi connectivity index (χ4n) is 2.06. The molecule has 3 rings (SSSR count). The smallest absolute Gasteiger partial charge is 0.256 e. The summed E-state index contributed by atoms with van der Waals surface area (Å²) in [5, 5.41) is 4.84. The molecular formula is C16H15N3O. The lowest BCUT2D eigenvalue weighted by atomic mass is 10.2. The molecule has 0 aromatic heterocycles. The van der Waals surface area contributed by atoms with Crippen molar-refractivity contribution in [1.29, 1.82) is 0 Å². The first kappa shape index (κ1) is 12.3. The SMILES string of the molecule is O=C(NC1=CCN(c2ccccc2)N1)c1ccccc1. The van der Waals surface area contributed by atoms with Gasteiger partial charge in [0.15, 0.2) is 0 Å². The molecule has 0 saturated heterocycles. The first-order chi connectivity index (χ1) is 9.83. The van der Waals surface area contributed by atoms with Crippen LogP contribution in [0, 0.1) is 0 Å². The first-order valence-electron chi connectivity index (χ1n) is 6.49. The van der Waals surface area contributed by atoms with Crippen LogP contribution in [0.1, 0.15) is 10.4 Å². The van der Waals surface area contributed by atoms with E-state index in [2.05, 4.69) is 10.7 Å². The second-order valence-electron chi connectivity index (χ2n) is 4.50. The Balaban J connectivity index is 1.62. The summed E-state index contributed by atoms with van der Waals surface area (Å²) in [5.74, 6) is 0.599. The van der Waals surface area contributed by atoms with Gasteiger partial charge in [0, 0.05) is 5.56 Å². The highest BCUT2D eigenvalue weighted by atomic mass is 16.1. The average Bonchev–Trinajstić information content (AvgIpc) is 2.97. The van der Waals surface area contributed by atoms with E-state index in [1.165, 1.54) is 0 Å². The summed E-state index contributed by atoms with van der Waals surface area (Å²) in [7, 11) is 0. The molecule has 1 aliphatic rings. The number of nitrogens with one attached hydrogen (secondary N) is 2. The zero-order valence-electron chi connectivity index (χ0n) is 10.9. The van der Waals surface area contributed by atoms with Crippen molar-refractivity contribution in [3.63, 3.8) is 0 Å². The van der Waals surface area contributed by atoms with Gasteiger partial charge in [0.25, 0.3) is 5.91 Å². The Bertz CT molecular complexity index is 623.